The molecule has 2 aromatic carbocycles. The Kier molecular flexibility index (Phi) is 6.44. The Morgan fingerprint density at radius 2 is 1.81 bits per heavy atom. The number of carbonyl (C=O) groups excluding carboxylic acids is 1. The molecule has 1 fully saturated rings. The number of nitro benzene ring substituents is 1. The van der Waals surface area contributed by atoms with Gasteiger partial charge in [0.25, 0.3) is 11.6 Å². The van der Waals surface area contributed by atoms with Crippen molar-refractivity contribution in [1.82, 2.24) is 9.88 Å². The minimum absolute atomic E-state index is 0.0728. The number of aromatic nitrogens is 1. The third kappa shape index (κ3) is 5.29. The van der Waals surface area contributed by atoms with Gasteiger partial charge >= 0.3 is 0 Å². The number of aryl methyl sites for hydroxylation is 1. The third-order valence-corrected chi connectivity index (χ3v) is 5.57. The number of nitro groups is 1. The standard InChI is InChI=1S/C25H26N4O3/c1-2-18-5-7-19(8-6-18)16-28(17-20-4-3-13-26-15-20)25(30)21-9-12-23(27-22-10-11-22)24(14-21)29(31)32/h3-9,12-15,22,27H,2,10-11,16-17H2,1H3. The Labute approximate surface area is 187 Å². The van der Waals surface area contributed by atoms with Gasteiger partial charge in [0.1, 0.15) is 5.69 Å². The van der Waals surface area contributed by atoms with Crippen molar-refractivity contribution < 1.29 is 9.72 Å². The maximum atomic E-state index is 13.5. The topological polar surface area (TPSA) is 88.4 Å². The van der Waals surface area contributed by atoms with Gasteiger partial charge in [-0.2, -0.15) is 0 Å². The smallest absolute Gasteiger partial charge is 0.293 e. The monoisotopic (exact) mass is 430 g/mol. The molecule has 0 atom stereocenters. The number of anilines is 1. The summed E-state index contributed by atoms with van der Waals surface area (Å²) in [6.07, 6.45) is 6.38. The highest BCUT2D eigenvalue weighted by atomic mass is 16.6. The lowest BCUT2D eigenvalue weighted by Crippen LogP contribution is -2.30. The molecule has 1 amide bonds. The molecular weight excluding hydrogens is 404 g/mol. The van der Waals surface area contributed by atoms with Crippen molar-refractivity contribution >= 4 is 17.3 Å². The third-order valence-electron chi connectivity index (χ3n) is 5.57. The zero-order valence-corrected chi connectivity index (χ0v) is 18.0. The van der Waals surface area contributed by atoms with Crippen LogP contribution in [0.1, 0.15) is 46.8 Å². The fourth-order valence-electron chi connectivity index (χ4n) is 3.58. The van der Waals surface area contributed by atoms with E-state index in [4.69, 9.17) is 0 Å². The summed E-state index contributed by atoms with van der Waals surface area (Å²) in [6, 6.07) is 16.9. The van der Waals surface area contributed by atoms with Crippen LogP contribution < -0.4 is 5.32 Å². The molecule has 1 saturated carbocycles. The molecule has 1 aromatic heterocycles. The minimum Gasteiger partial charge on any atom is -0.377 e. The van der Waals surface area contributed by atoms with Crippen LogP contribution in [0.15, 0.2) is 67.0 Å². The van der Waals surface area contributed by atoms with Crippen molar-refractivity contribution in [1.29, 1.82) is 0 Å². The van der Waals surface area contributed by atoms with Gasteiger partial charge in [-0.1, -0.05) is 37.3 Å². The predicted octanol–water partition coefficient (Wildman–Crippen LogP) is 4.97. The first-order valence-electron chi connectivity index (χ1n) is 10.8. The van der Waals surface area contributed by atoms with E-state index >= 15 is 0 Å². The van der Waals surface area contributed by atoms with Crippen molar-refractivity contribution in [2.24, 2.45) is 0 Å². The second-order valence-corrected chi connectivity index (χ2v) is 8.10. The molecule has 1 aliphatic rings. The molecule has 3 aromatic rings. The highest BCUT2D eigenvalue weighted by molar-refractivity contribution is 5.95. The van der Waals surface area contributed by atoms with Crippen LogP contribution in [0.2, 0.25) is 0 Å². The number of rotatable bonds is 9. The summed E-state index contributed by atoms with van der Waals surface area (Å²) in [5, 5.41) is 14.8. The van der Waals surface area contributed by atoms with Crippen LogP contribution in [0, 0.1) is 10.1 Å². The molecule has 32 heavy (non-hydrogen) atoms. The first-order valence-corrected chi connectivity index (χ1v) is 10.8. The Hall–Kier alpha value is -3.74. The van der Waals surface area contributed by atoms with Gasteiger partial charge in [-0.3, -0.25) is 19.9 Å². The largest absolute Gasteiger partial charge is 0.377 e. The fourth-order valence-corrected chi connectivity index (χ4v) is 3.58. The molecule has 7 heteroatoms. The molecule has 4 rings (SSSR count). The molecular formula is C25H26N4O3. The average Bonchev–Trinajstić information content (AvgIpc) is 3.63. The van der Waals surface area contributed by atoms with E-state index in [1.807, 2.05) is 24.3 Å². The maximum Gasteiger partial charge on any atom is 0.293 e. The minimum atomic E-state index is -0.434. The van der Waals surface area contributed by atoms with Crippen LogP contribution in [-0.4, -0.2) is 26.8 Å². The fraction of sp³-hybridized carbons (Fsp3) is 0.280. The molecule has 0 bridgehead atoms. The van der Waals surface area contributed by atoms with Crippen molar-refractivity contribution in [2.45, 2.75) is 45.3 Å². The molecule has 7 nitrogen and oxygen atoms in total. The summed E-state index contributed by atoms with van der Waals surface area (Å²) < 4.78 is 0. The van der Waals surface area contributed by atoms with Crippen molar-refractivity contribution in [2.75, 3.05) is 5.32 Å². The van der Waals surface area contributed by atoms with Crippen LogP contribution in [0.5, 0.6) is 0 Å². The quantitative estimate of drug-likeness (QED) is 0.382. The zero-order valence-electron chi connectivity index (χ0n) is 18.0. The summed E-state index contributed by atoms with van der Waals surface area (Å²) in [4.78, 5) is 30.5. The number of carbonyl (C=O) groups is 1. The van der Waals surface area contributed by atoms with Gasteiger partial charge in [0.15, 0.2) is 0 Å². The van der Waals surface area contributed by atoms with Crippen LogP contribution in [-0.2, 0) is 19.5 Å². The number of hydrogen-bond acceptors (Lipinski definition) is 5. The molecule has 0 saturated heterocycles. The van der Waals surface area contributed by atoms with E-state index in [1.165, 1.54) is 11.6 Å². The van der Waals surface area contributed by atoms with Crippen molar-refractivity contribution in [3.63, 3.8) is 0 Å². The van der Waals surface area contributed by atoms with Gasteiger partial charge in [0.2, 0.25) is 0 Å². The Bertz CT molecular complexity index is 1100. The molecule has 0 aliphatic heterocycles. The molecule has 164 valence electrons. The van der Waals surface area contributed by atoms with Crippen LogP contribution >= 0.6 is 0 Å². The first-order chi connectivity index (χ1) is 15.5. The number of hydrogen-bond donors (Lipinski definition) is 1. The highest BCUT2D eigenvalue weighted by Gasteiger charge is 2.26. The van der Waals surface area contributed by atoms with Crippen LogP contribution in [0.25, 0.3) is 0 Å². The first kappa shape index (κ1) is 21.5. The van der Waals surface area contributed by atoms with Crippen molar-refractivity contribution in [3.8, 4) is 0 Å². The lowest BCUT2D eigenvalue weighted by Gasteiger charge is -2.23. The lowest BCUT2D eigenvalue weighted by molar-refractivity contribution is -0.384. The average molecular weight is 431 g/mol. The molecule has 1 N–H and O–H groups in total. The van der Waals surface area contributed by atoms with Gasteiger partial charge in [-0.25, -0.2) is 0 Å². The van der Waals surface area contributed by atoms with Crippen molar-refractivity contribution in [3.05, 3.63) is 99.4 Å². The summed E-state index contributed by atoms with van der Waals surface area (Å²) >= 11 is 0. The SMILES string of the molecule is CCc1ccc(CN(Cc2cccnc2)C(=O)c2ccc(NC3CC3)c([N+](=O)[O-])c2)cc1. The summed E-state index contributed by atoms with van der Waals surface area (Å²) in [6.45, 7) is 2.85. The van der Waals surface area contributed by atoms with Gasteiger partial charge in [-0.15, -0.1) is 0 Å². The molecule has 1 aliphatic carbocycles. The van der Waals surface area contributed by atoms with Gasteiger partial charge in [-0.05, 0) is 54.2 Å². The number of pyridine rings is 1. The van der Waals surface area contributed by atoms with Crippen LogP contribution in [0.4, 0.5) is 11.4 Å². The predicted molar refractivity (Wildman–Crippen MR) is 123 cm³/mol. The number of amides is 1. The lowest BCUT2D eigenvalue weighted by atomic mass is 10.1. The van der Waals surface area contributed by atoms with E-state index in [0.29, 0.717) is 24.3 Å². The Balaban J connectivity index is 1.62. The van der Waals surface area contributed by atoms with Gasteiger partial charge < -0.3 is 10.2 Å². The number of benzene rings is 2. The van der Waals surface area contributed by atoms with E-state index < -0.39 is 4.92 Å². The zero-order chi connectivity index (χ0) is 22.5. The van der Waals surface area contributed by atoms with E-state index in [1.54, 1.807) is 29.4 Å². The maximum absolute atomic E-state index is 13.5. The van der Waals surface area contributed by atoms with Gasteiger partial charge in [0, 0.05) is 43.2 Å². The Morgan fingerprint density at radius 1 is 1.09 bits per heavy atom. The van der Waals surface area contributed by atoms with E-state index in [-0.39, 0.29) is 17.6 Å². The number of nitrogens with zero attached hydrogens (tertiary/aromatic N) is 3. The molecule has 0 unspecified atom stereocenters. The molecule has 0 spiro atoms. The summed E-state index contributed by atoms with van der Waals surface area (Å²) in [5.41, 5.74) is 3.81. The normalized spacial score (nSPS) is 12.9. The van der Waals surface area contributed by atoms with E-state index in [9.17, 15) is 14.9 Å². The summed E-state index contributed by atoms with van der Waals surface area (Å²) in [5.74, 6) is -0.255. The second kappa shape index (κ2) is 9.60. The number of nitrogens with one attached hydrogen (secondary N) is 1. The van der Waals surface area contributed by atoms with E-state index in [0.717, 1.165) is 30.4 Å². The van der Waals surface area contributed by atoms with Crippen LogP contribution in [0.3, 0.4) is 0 Å². The molecule has 1 heterocycles. The summed E-state index contributed by atoms with van der Waals surface area (Å²) in [7, 11) is 0. The van der Waals surface area contributed by atoms with E-state index in [2.05, 4.69) is 29.4 Å². The highest BCUT2D eigenvalue weighted by Crippen LogP contribution is 2.32. The Morgan fingerprint density at radius 3 is 2.44 bits per heavy atom. The second-order valence-electron chi connectivity index (χ2n) is 8.10. The van der Waals surface area contributed by atoms with Gasteiger partial charge in [0.05, 0.1) is 4.92 Å². The molecule has 0 radical (unpaired) electrons.